The highest BCUT2D eigenvalue weighted by molar-refractivity contribution is 7.99. The summed E-state index contributed by atoms with van der Waals surface area (Å²) in [6, 6.07) is 8.59. The van der Waals surface area contributed by atoms with E-state index in [0.29, 0.717) is 31.0 Å². The molecule has 0 aliphatic heterocycles. The topological polar surface area (TPSA) is 65.7 Å². The fourth-order valence-electron chi connectivity index (χ4n) is 1.67. The van der Waals surface area contributed by atoms with Crippen LogP contribution in [0.15, 0.2) is 39.5 Å². The third-order valence-corrected chi connectivity index (χ3v) is 3.42. The zero-order chi connectivity index (χ0) is 14.2. The second-order valence-electron chi connectivity index (χ2n) is 3.85. The average molecular weight is 294 g/mol. The maximum atomic E-state index is 11.4. The number of fused-ring (bicyclic) bond motifs is 1. The van der Waals surface area contributed by atoms with E-state index in [1.54, 1.807) is 23.9 Å². The summed E-state index contributed by atoms with van der Waals surface area (Å²) in [5.41, 5.74) is 0.0905. The van der Waals surface area contributed by atoms with Crippen molar-refractivity contribution in [1.29, 1.82) is 0 Å². The van der Waals surface area contributed by atoms with Crippen LogP contribution in [0.5, 0.6) is 5.75 Å². The van der Waals surface area contributed by atoms with Crippen LogP contribution >= 0.6 is 11.8 Å². The van der Waals surface area contributed by atoms with Gasteiger partial charge in [-0.15, -0.1) is 0 Å². The Balaban J connectivity index is 1.90. The van der Waals surface area contributed by atoms with Crippen molar-refractivity contribution in [2.75, 3.05) is 24.7 Å². The fraction of sp³-hybridized carbons (Fsp3) is 0.286. The summed E-state index contributed by atoms with van der Waals surface area (Å²) >= 11 is 1.61. The molecule has 2 rings (SSSR count). The van der Waals surface area contributed by atoms with Gasteiger partial charge in [-0.3, -0.25) is 4.79 Å². The molecule has 1 heterocycles. The number of hydrogen-bond acceptors (Lipinski definition) is 6. The standard InChI is InChI=1S/C14H14O5S/c15-10-17-5-7-20-8-6-18-13-9-14(16)19-12-4-2-1-3-11(12)13/h1-4,9-10H,5-8H2. The molecule has 0 amide bonds. The maximum Gasteiger partial charge on any atom is 0.339 e. The molecule has 2 aromatic rings. The highest BCUT2D eigenvalue weighted by atomic mass is 32.2. The quantitative estimate of drug-likeness (QED) is 0.422. The molecule has 106 valence electrons. The van der Waals surface area contributed by atoms with Gasteiger partial charge in [-0.05, 0) is 12.1 Å². The lowest BCUT2D eigenvalue weighted by Gasteiger charge is -2.07. The van der Waals surface area contributed by atoms with Gasteiger partial charge in [0.25, 0.3) is 6.47 Å². The number of rotatable bonds is 8. The highest BCUT2D eigenvalue weighted by Crippen LogP contribution is 2.23. The molecule has 6 heteroatoms. The van der Waals surface area contributed by atoms with Crippen LogP contribution in [0.25, 0.3) is 11.0 Å². The summed E-state index contributed by atoms with van der Waals surface area (Å²) in [4.78, 5) is 21.4. The van der Waals surface area contributed by atoms with Gasteiger partial charge < -0.3 is 13.9 Å². The van der Waals surface area contributed by atoms with Crippen molar-refractivity contribution in [3.8, 4) is 5.75 Å². The molecule has 0 unspecified atom stereocenters. The van der Waals surface area contributed by atoms with Crippen LogP contribution < -0.4 is 10.4 Å². The summed E-state index contributed by atoms with van der Waals surface area (Å²) in [5.74, 6) is 2.00. The van der Waals surface area contributed by atoms with Gasteiger partial charge in [-0.1, -0.05) is 12.1 Å². The van der Waals surface area contributed by atoms with Gasteiger partial charge in [-0.2, -0.15) is 11.8 Å². The summed E-state index contributed by atoms with van der Waals surface area (Å²) in [5, 5.41) is 0.779. The molecule has 1 aromatic heterocycles. The van der Waals surface area contributed by atoms with Gasteiger partial charge in [0.1, 0.15) is 17.9 Å². The van der Waals surface area contributed by atoms with Crippen LogP contribution in [0.4, 0.5) is 0 Å². The minimum atomic E-state index is -0.425. The molecule has 1 aromatic carbocycles. The van der Waals surface area contributed by atoms with Crippen LogP contribution in [0, 0.1) is 0 Å². The predicted octanol–water partition coefficient (Wildman–Crippen LogP) is 2.08. The van der Waals surface area contributed by atoms with Crippen LogP contribution in [0.2, 0.25) is 0 Å². The molecule has 0 atom stereocenters. The lowest BCUT2D eigenvalue weighted by Crippen LogP contribution is -2.06. The van der Waals surface area contributed by atoms with Gasteiger partial charge in [0.15, 0.2) is 0 Å². The van der Waals surface area contributed by atoms with E-state index in [0.717, 1.165) is 16.9 Å². The molecule has 0 N–H and O–H groups in total. The molecule has 0 aliphatic carbocycles. The third kappa shape index (κ3) is 4.03. The second-order valence-corrected chi connectivity index (χ2v) is 5.08. The Morgan fingerprint density at radius 3 is 2.85 bits per heavy atom. The Morgan fingerprint density at radius 2 is 2.00 bits per heavy atom. The molecule has 0 saturated carbocycles. The number of benzene rings is 1. The Morgan fingerprint density at radius 1 is 1.20 bits per heavy atom. The van der Waals surface area contributed by atoms with Crippen molar-refractivity contribution in [2.24, 2.45) is 0 Å². The van der Waals surface area contributed by atoms with Crippen molar-refractivity contribution < 1.29 is 18.7 Å². The first-order valence-corrected chi connectivity index (χ1v) is 7.25. The van der Waals surface area contributed by atoms with Crippen molar-refractivity contribution in [2.45, 2.75) is 0 Å². The van der Waals surface area contributed by atoms with E-state index in [1.165, 1.54) is 6.07 Å². The number of thioether (sulfide) groups is 1. The zero-order valence-corrected chi connectivity index (χ0v) is 11.6. The van der Waals surface area contributed by atoms with Crippen LogP contribution in [-0.2, 0) is 9.53 Å². The molecule has 0 spiro atoms. The molecular weight excluding hydrogens is 280 g/mol. The first kappa shape index (κ1) is 14.5. The van der Waals surface area contributed by atoms with E-state index >= 15 is 0 Å². The van der Waals surface area contributed by atoms with Crippen LogP contribution in [-0.4, -0.2) is 31.2 Å². The highest BCUT2D eigenvalue weighted by Gasteiger charge is 2.05. The summed E-state index contributed by atoms with van der Waals surface area (Å²) in [6.07, 6.45) is 0. The predicted molar refractivity (Wildman–Crippen MR) is 77.3 cm³/mol. The van der Waals surface area contributed by atoms with E-state index in [9.17, 15) is 9.59 Å². The summed E-state index contributed by atoms with van der Waals surface area (Å²) in [7, 11) is 0. The van der Waals surface area contributed by atoms with Crippen molar-refractivity contribution >= 4 is 29.2 Å². The first-order valence-electron chi connectivity index (χ1n) is 6.10. The number of carbonyl (C=O) groups excluding carboxylic acids is 1. The molecule has 0 aliphatic rings. The minimum Gasteiger partial charge on any atom is -0.492 e. The van der Waals surface area contributed by atoms with Gasteiger partial charge in [0.2, 0.25) is 0 Å². The molecule has 0 bridgehead atoms. The Hall–Kier alpha value is -1.95. The molecule has 20 heavy (non-hydrogen) atoms. The van der Waals surface area contributed by atoms with E-state index in [2.05, 4.69) is 4.74 Å². The molecule has 0 fully saturated rings. The van der Waals surface area contributed by atoms with Crippen molar-refractivity contribution in [3.05, 3.63) is 40.8 Å². The minimum absolute atomic E-state index is 0.395. The fourth-order valence-corrected chi connectivity index (χ4v) is 2.29. The smallest absolute Gasteiger partial charge is 0.339 e. The normalized spacial score (nSPS) is 10.4. The lowest BCUT2D eigenvalue weighted by molar-refractivity contribution is -0.128. The van der Waals surface area contributed by atoms with E-state index in [1.807, 2.05) is 12.1 Å². The third-order valence-electron chi connectivity index (χ3n) is 2.51. The second kappa shape index (κ2) is 7.59. The van der Waals surface area contributed by atoms with Crippen molar-refractivity contribution in [3.63, 3.8) is 0 Å². The zero-order valence-electron chi connectivity index (χ0n) is 10.7. The number of para-hydroxylation sites is 1. The van der Waals surface area contributed by atoms with Gasteiger partial charge in [0.05, 0.1) is 18.1 Å². The van der Waals surface area contributed by atoms with Gasteiger partial charge in [-0.25, -0.2) is 4.79 Å². The summed E-state index contributed by atoms with van der Waals surface area (Å²) < 4.78 is 15.3. The first-order chi connectivity index (χ1) is 9.81. The lowest BCUT2D eigenvalue weighted by atomic mass is 10.2. The molecular formula is C14H14O5S. The van der Waals surface area contributed by atoms with E-state index < -0.39 is 5.63 Å². The Kier molecular flexibility index (Phi) is 5.49. The van der Waals surface area contributed by atoms with E-state index in [-0.39, 0.29) is 0 Å². The molecule has 0 saturated heterocycles. The number of carbonyl (C=O) groups is 1. The monoisotopic (exact) mass is 294 g/mol. The SMILES string of the molecule is O=COCCSCCOc1cc(=O)oc2ccccc12. The van der Waals surface area contributed by atoms with E-state index in [4.69, 9.17) is 9.15 Å². The summed E-state index contributed by atoms with van der Waals surface area (Å²) in [6.45, 7) is 1.30. The maximum absolute atomic E-state index is 11.4. The van der Waals surface area contributed by atoms with Gasteiger partial charge in [0, 0.05) is 11.5 Å². The Labute approximate surface area is 119 Å². The van der Waals surface area contributed by atoms with Crippen molar-refractivity contribution in [1.82, 2.24) is 0 Å². The van der Waals surface area contributed by atoms with Crippen LogP contribution in [0.1, 0.15) is 0 Å². The van der Waals surface area contributed by atoms with Gasteiger partial charge >= 0.3 is 5.63 Å². The average Bonchev–Trinajstić information content (AvgIpc) is 2.46. The number of hydrogen-bond donors (Lipinski definition) is 0. The molecule has 5 nitrogen and oxygen atoms in total. The number of ether oxygens (including phenoxy) is 2. The molecule has 0 radical (unpaired) electrons. The Bertz CT molecular complexity index is 622. The van der Waals surface area contributed by atoms with Crippen LogP contribution in [0.3, 0.4) is 0 Å². The largest absolute Gasteiger partial charge is 0.492 e.